The number of benzene rings is 1. The Morgan fingerprint density at radius 2 is 2.04 bits per heavy atom. The van der Waals surface area contributed by atoms with Gasteiger partial charge in [0.15, 0.2) is 0 Å². The second kappa shape index (κ2) is 6.33. The van der Waals surface area contributed by atoms with Crippen molar-refractivity contribution >= 4 is 33.3 Å². The molecule has 3 heterocycles. The minimum atomic E-state index is -0.265. The average molecular weight is 351 g/mol. The van der Waals surface area contributed by atoms with Crippen molar-refractivity contribution in [2.24, 2.45) is 0 Å². The Kier molecular flexibility index (Phi) is 3.87. The summed E-state index contributed by atoms with van der Waals surface area (Å²) in [5.41, 5.74) is 7.77. The number of pyridine rings is 1. The molecule has 0 aliphatic rings. The summed E-state index contributed by atoms with van der Waals surface area (Å²) in [4.78, 5) is 20.5. The van der Waals surface area contributed by atoms with Crippen LogP contribution in [0.25, 0.3) is 21.5 Å². The summed E-state index contributed by atoms with van der Waals surface area (Å²) >= 11 is 1.53. The molecule has 1 aromatic carbocycles. The van der Waals surface area contributed by atoms with Crippen LogP contribution in [0.4, 0.5) is 6.01 Å². The fourth-order valence-electron chi connectivity index (χ4n) is 2.38. The van der Waals surface area contributed by atoms with Gasteiger partial charge < -0.3 is 4.52 Å². The normalized spacial score (nSPS) is 10.8. The van der Waals surface area contributed by atoms with Crippen LogP contribution < -0.4 is 10.9 Å². The number of rotatable bonds is 4. The van der Waals surface area contributed by atoms with E-state index in [4.69, 9.17) is 4.52 Å². The molecule has 0 aliphatic carbocycles. The molecule has 0 atom stereocenters. The molecule has 0 saturated heterocycles. The Morgan fingerprint density at radius 3 is 2.88 bits per heavy atom. The SMILES string of the molecule is Cc1ccc2c(C(=O)NNc3nc(-c4ccncc4)no3)csc2c1. The maximum absolute atomic E-state index is 12.4. The van der Waals surface area contributed by atoms with Crippen molar-refractivity contribution in [3.63, 3.8) is 0 Å². The van der Waals surface area contributed by atoms with Crippen LogP contribution in [0.2, 0.25) is 0 Å². The van der Waals surface area contributed by atoms with Crippen LogP contribution >= 0.6 is 11.3 Å². The molecule has 4 rings (SSSR count). The van der Waals surface area contributed by atoms with Crippen molar-refractivity contribution in [2.45, 2.75) is 6.92 Å². The number of thiophene rings is 1. The highest BCUT2D eigenvalue weighted by Gasteiger charge is 2.14. The van der Waals surface area contributed by atoms with Crippen molar-refractivity contribution in [3.8, 4) is 11.4 Å². The molecule has 0 radical (unpaired) electrons. The first-order valence-electron chi connectivity index (χ1n) is 7.49. The van der Waals surface area contributed by atoms with Crippen molar-refractivity contribution in [3.05, 3.63) is 59.2 Å². The number of fused-ring (bicyclic) bond motifs is 1. The Morgan fingerprint density at radius 1 is 1.20 bits per heavy atom. The molecule has 124 valence electrons. The zero-order valence-corrected chi connectivity index (χ0v) is 14.0. The number of hydrogen-bond acceptors (Lipinski definition) is 7. The number of aryl methyl sites for hydroxylation is 1. The van der Waals surface area contributed by atoms with E-state index < -0.39 is 0 Å². The molecule has 0 aliphatic heterocycles. The molecular weight excluding hydrogens is 338 g/mol. The minimum Gasteiger partial charge on any atom is -0.313 e. The van der Waals surface area contributed by atoms with Gasteiger partial charge in [0, 0.05) is 33.4 Å². The van der Waals surface area contributed by atoms with Gasteiger partial charge in [-0.1, -0.05) is 17.3 Å². The Labute approximate surface area is 146 Å². The Hall–Kier alpha value is -3.26. The number of aromatic nitrogens is 3. The molecule has 8 heteroatoms. The summed E-state index contributed by atoms with van der Waals surface area (Å²) in [7, 11) is 0. The quantitative estimate of drug-likeness (QED) is 0.547. The molecule has 0 spiro atoms. The van der Waals surface area contributed by atoms with Crippen LogP contribution in [0, 0.1) is 6.92 Å². The predicted molar refractivity (Wildman–Crippen MR) is 95.2 cm³/mol. The first-order valence-corrected chi connectivity index (χ1v) is 8.37. The van der Waals surface area contributed by atoms with Crippen molar-refractivity contribution < 1.29 is 9.32 Å². The van der Waals surface area contributed by atoms with Crippen LogP contribution in [0.3, 0.4) is 0 Å². The van der Waals surface area contributed by atoms with Crippen LogP contribution in [0.1, 0.15) is 15.9 Å². The maximum atomic E-state index is 12.4. The first kappa shape index (κ1) is 15.3. The number of carbonyl (C=O) groups is 1. The summed E-state index contributed by atoms with van der Waals surface area (Å²) in [5.74, 6) is 0.148. The van der Waals surface area contributed by atoms with E-state index in [0.29, 0.717) is 11.4 Å². The molecule has 3 aromatic heterocycles. The second-order valence-electron chi connectivity index (χ2n) is 5.39. The molecule has 0 fully saturated rings. The standard InChI is InChI=1S/C17H13N5O2S/c1-10-2-3-12-13(9-25-14(12)8-10)16(23)20-21-17-19-15(22-24-17)11-4-6-18-7-5-11/h2-9H,1H3,(H,20,23)(H,19,21,22). The smallest absolute Gasteiger partial charge is 0.313 e. The van der Waals surface area contributed by atoms with Gasteiger partial charge in [-0.05, 0) is 30.7 Å². The van der Waals surface area contributed by atoms with Crippen LogP contribution in [0.5, 0.6) is 0 Å². The lowest BCUT2D eigenvalue weighted by atomic mass is 10.1. The van der Waals surface area contributed by atoms with Crippen LogP contribution in [0.15, 0.2) is 52.6 Å². The number of carbonyl (C=O) groups excluding carboxylic acids is 1. The van der Waals surface area contributed by atoms with Gasteiger partial charge in [-0.2, -0.15) is 4.98 Å². The molecule has 0 bridgehead atoms. The number of hydrogen-bond donors (Lipinski definition) is 2. The summed E-state index contributed by atoms with van der Waals surface area (Å²) in [6.07, 6.45) is 3.29. The third-order valence-corrected chi connectivity index (χ3v) is 4.57. The second-order valence-corrected chi connectivity index (χ2v) is 6.30. The Balaban J connectivity index is 1.48. The van der Waals surface area contributed by atoms with Gasteiger partial charge in [-0.15, -0.1) is 11.3 Å². The molecule has 7 nitrogen and oxygen atoms in total. The van der Waals surface area contributed by atoms with Gasteiger partial charge in [-0.25, -0.2) is 5.43 Å². The molecule has 1 amide bonds. The third-order valence-electron chi connectivity index (χ3n) is 3.62. The number of hydrazine groups is 1. The van der Waals surface area contributed by atoms with Gasteiger partial charge in [-0.3, -0.25) is 15.2 Å². The number of nitrogens with zero attached hydrogens (tertiary/aromatic N) is 3. The van der Waals surface area contributed by atoms with E-state index in [9.17, 15) is 4.79 Å². The molecule has 0 unspecified atom stereocenters. The van der Waals surface area contributed by atoms with Gasteiger partial charge >= 0.3 is 6.01 Å². The van der Waals surface area contributed by atoms with E-state index in [1.807, 2.05) is 24.4 Å². The zero-order chi connectivity index (χ0) is 17.2. The fourth-order valence-corrected chi connectivity index (χ4v) is 3.42. The molecule has 25 heavy (non-hydrogen) atoms. The summed E-state index contributed by atoms with van der Waals surface area (Å²) in [5, 5.41) is 6.61. The lowest BCUT2D eigenvalue weighted by Gasteiger charge is -2.03. The summed E-state index contributed by atoms with van der Waals surface area (Å²) < 4.78 is 6.16. The maximum Gasteiger partial charge on any atom is 0.340 e. The molecule has 2 N–H and O–H groups in total. The molecular formula is C17H13N5O2S. The first-order chi connectivity index (χ1) is 12.2. The highest BCUT2D eigenvalue weighted by Crippen LogP contribution is 2.26. The van der Waals surface area contributed by atoms with Crippen LogP contribution in [-0.4, -0.2) is 21.0 Å². The van der Waals surface area contributed by atoms with Crippen molar-refractivity contribution in [1.82, 2.24) is 20.6 Å². The van der Waals surface area contributed by atoms with Crippen molar-refractivity contribution in [1.29, 1.82) is 0 Å². The summed E-state index contributed by atoms with van der Waals surface area (Å²) in [6, 6.07) is 9.64. The van der Waals surface area contributed by atoms with E-state index in [2.05, 4.69) is 32.0 Å². The monoisotopic (exact) mass is 351 g/mol. The van der Waals surface area contributed by atoms with E-state index >= 15 is 0 Å². The number of anilines is 1. The van der Waals surface area contributed by atoms with E-state index in [1.165, 1.54) is 11.3 Å². The third kappa shape index (κ3) is 3.07. The molecule has 0 saturated carbocycles. The topological polar surface area (TPSA) is 92.9 Å². The van der Waals surface area contributed by atoms with Gasteiger partial charge in [0.05, 0.1) is 5.56 Å². The fraction of sp³-hybridized carbons (Fsp3) is 0.0588. The highest BCUT2D eigenvalue weighted by atomic mass is 32.1. The number of nitrogens with one attached hydrogen (secondary N) is 2. The lowest BCUT2D eigenvalue weighted by molar-refractivity contribution is 0.0963. The van der Waals surface area contributed by atoms with E-state index in [0.717, 1.165) is 21.2 Å². The van der Waals surface area contributed by atoms with Gasteiger partial charge in [0.25, 0.3) is 5.91 Å². The number of amides is 1. The lowest BCUT2D eigenvalue weighted by Crippen LogP contribution is -2.29. The largest absolute Gasteiger partial charge is 0.340 e. The minimum absolute atomic E-state index is 0.107. The highest BCUT2D eigenvalue weighted by molar-refractivity contribution is 7.17. The van der Waals surface area contributed by atoms with E-state index in [1.54, 1.807) is 24.5 Å². The van der Waals surface area contributed by atoms with E-state index in [-0.39, 0.29) is 11.9 Å². The average Bonchev–Trinajstić information content (AvgIpc) is 3.27. The Bertz CT molecular complexity index is 1040. The van der Waals surface area contributed by atoms with Gasteiger partial charge in [0.1, 0.15) is 0 Å². The molecule has 4 aromatic rings. The zero-order valence-electron chi connectivity index (χ0n) is 13.2. The van der Waals surface area contributed by atoms with Crippen LogP contribution in [-0.2, 0) is 0 Å². The summed E-state index contributed by atoms with van der Waals surface area (Å²) in [6.45, 7) is 2.02. The van der Waals surface area contributed by atoms with Crippen molar-refractivity contribution in [2.75, 3.05) is 5.43 Å². The van der Waals surface area contributed by atoms with Gasteiger partial charge in [0.2, 0.25) is 5.82 Å². The predicted octanol–water partition coefficient (Wildman–Crippen LogP) is 3.41.